The minimum atomic E-state index is -0.637. The number of hydrogen-bond acceptors (Lipinski definition) is 3. The van der Waals surface area contributed by atoms with E-state index in [4.69, 9.17) is 9.15 Å². The Morgan fingerprint density at radius 2 is 1.81 bits per heavy atom. The van der Waals surface area contributed by atoms with E-state index in [2.05, 4.69) is 5.32 Å². The van der Waals surface area contributed by atoms with Crippen LogP contribution < -0.4 is 10.1 Å². The highest BCUT2D eigenvalue weighted by atomic mass is 19.1. The van der Waals surface area contributed by atoms with Crippen molar-refractivity contribution in [1.82, 2.24) is 5.32 Å². The van der Waals surface area contributed by atoms with Crippen LogP contribution in [-0.2, 0) is 0 Å². The van der Waals surface area contributed by atoms with E-state index in [1.54, 1.807) is 36.4 Å². The van der Waals surface area contributed by atoms with Crippen LogP contribution in [0.1, 0.15) is 0 Å². The highest BCUT2D eigenvalue weighted by Gasteiger charge is 2.12. The lowest BCUT2D eigenvalue weighted by molar-refractivity contribution is 0.203. The van der Waals surface area contributed by atoms with Crippen LogP contribution in [0.2, 0.25) is 0 Å². The Morgan fingerprint density at radius 1 is 0.962 bits per heavy atom. The fourth-order valence-corrected chi connectivity index (χ4v) is 2.87. The van der Waals surface area contributed by atoms with E-state index in [9.17, 15) is 13.6 Å². The highest BCUT2D eigenvalue weighted by Crippen LogP contribution is 2.34. The van der Waals surface area contributed by atoms with Crippen LogP contribution >= 0.6 is 0 Å². The summed E-state index contributed by atoms with van der Waals surface area (Å²) in [5.41, 5.74) is 2.03. The number of benzene rings is 3. The van der Waals surface area contributed by atoms with Gasteiger partial charge in [0.2, 0.25) is 0 Å². The topological polar surface area (TPSA) is 51.5 Å². The average molecular weight is 353 g/mol. The van der Waals surface area contributed by atoms with Gasteiger partial charge in [-0.2, -0.15) is 0 Å². The summed E-state index contributed by atoms with van der Waals surface area (Å²) in [5, 5.41) is 3.95. The number of nitrogens with one attached hydrogen (secondary N) is 1. The maximum absolute atomic E-state index is 14.0. The Kier molecular flexibility index (Phi) is 3.80. The molecule has 0 spiro atoms. The van der Waals surface area contributed by atoms with E-state index in [0.29, 0.717) is 22.5 Å². The van der Waals surface area contributed by atoms with E-state index < -0.39 is 17.7 Å². The molecule has 4 aromatic rings. The van der Waals surface area contributed by atoms with Crippen molar-refractivity contribution >= 4 is 28.0 Å². The lowest BCUT2D eigenvalue weighted by atomic mass is 10.0. The molecule has 4 nitrogen and oxygen atoms in total. The third kappa shape index (κ3) is 2.75. The lowest BCUT2D eigenvalue weighted by Gasteiger charge is -2.04. The summed E-state index contributed by atoms with van der Waals surface area (Å²) < 4.78 is 38.1. The smallest absolute Gasteiger partial charge is 0.412 e. The van der Waals surface area contributed by atoms with Gasteiger partial charge >= 0.3 is 6.09 Å². The predicted octanol–water partition coefficient (Wildman–Crippen LogP) is 5.25. The van der Waals surface area contributed by atoms with Gasteiger partial charge in [0.05, 0.1) is 0 Å². The zero-order valence-electron chi connectivity index (χ0n) is 13.7. The fourth-order valence-electron chi connectivity index (χ4n) is 2.87. The third-order valence-electron chi connectivity index (χ3n) is 4.10. The molecule has 1 aromatic heterocycles. The molecule has 6 heteroatoms. The molecule has 0 bridgehead atoms. The molecule has 26 heavy (non-hydrogen) atoms. The van der Waals surface area contributed by atoms with Gasteiger partial charge in [0, 0.05) is 29.4 Å². The first-order valence-corrected chi connectivity index (χ1v) is 7.86. The summed E-state index contributed by atoms with van der Waals surface area (Å²) in [5.74, 6) is -0.880. The summed E-state index contributed by atoms with van der Waals surface area (Å²) in [6, 6.07) is 13.7. The first-order valence-electron chi connectivity index (χ1n) is 7.86. The summed E-state index contributed by atoms with van der Waals surface area (Å²) in [6.45, 7) is 0. The van der Waals surface area contributed by atoms with E-state index >= 15 is 0 Å². The normalized spacial score (nSPS) is 11.0. The second-order valence-corrected chi connectivity index (χ2v) is 5.73. The Morgan fingerprint density at radius 3 is 2.58 bits per heavy atom. The molecular formula is C20H13F2NO3. The first kappa shape index (κ1) is 16.1. The van der Waals surface area contributed by atoms with Gasteiger partial charge in [0.15, 0.2) is 0 Å². The SMILES string of the molecule is CNC(=O)Oc1ccc2oc3cc(-c4ccc(F)cc4F)ccc3c2c1. The fraction of sp³-hybridized carbons (Fsp3) is 0.0500. The molecule has 1 amide bonds. The number of ether oxygens (including phenoxy) is 1. The van der Waals surface area contributed by atoms with E-state index in [1.807, 2.05) is 0 Å². The van der Waals surface area contributed by atoms with Crippen molar-refractivity contribution in [3.05, 3.63) is 66.2 Å². The molecule has 0 unspecified atom stereocenters. The second-order valence-electron chi connectivity index (χ2n) is 5.73. The largest absolute Gasteiger partial charge is 0.456 e. The van der Waals surface area contributed by atoms with Crippen molar-refractivity contribution in [2.24, 2.45) is 0 Å². The number of hydrogen-bond donors (Lipinski definition) is 1. The van der Waals surface area contributed by atoms with Gasteiger partial charge in [0.1, 0.15) is 28.5 Å². The van der Waals surface area contributed by atoms with Gasteiger partial charge in [-0.15, -0.1) is 0 Å². The standard InChI is InChI=1S/C20H13F2NO3/c1-23-20(24)25-13-4-7-18-16(10-13)15-5-2-11(8-19(15)26-18)14-6-3-12(21)9-17(14)22/h2-10H,1H3,(H,23,24). The van der Waals surface area contributed by atoms with Crippen LogP contribution in [-0.4, -0.2) is 13.1 Å². The Labute approximate surface area is 147 Å². The molecule has 0 aliphatic heterocycles. The lowest BCUT2D eigenvalue weighted by Crippen LogP contribution is -2.21. The predicted molar refractivity (Wildman–Crippen MR) is 94.2 cm³/mol. The van der Waals surface area contributed by atoms with Gasteiger partial charge in [0.25, 0.3) is 0 Å². The molecule has 0 fully saturated rings. The number of carbonyl (C=O) groups is 1. The molecule has 130 valence electrons. The summed E-state index contributed by atoms with van der Waals surface area (Å²) >= 11 is 0. The number of furan rings is 1. The zero-order valence-corrected chi connectivity index (χ0v) is 13.7. The molecule has 0 aliphatic carbocycles. The van der Waals surface area contributed by atoms with Gasteiger partial charge in [-0.1, -0.05) is 6.07 Å². The van der Waals surface area contributed by atoms with Crippen molar-refractivity contribution in [2.45, 2.75) is 0 Å². The number of halogens is 2. The molecule has 0 aliphatic rings. The number of fused-ring (bicyclic) bond motifs is 3. The van der Waals surface area contributed by atoms with Crippen LogP contribution in [0.5, 0.6) is 5.75 Å². The molecule has 0 saturated carbocycles. The maximum atomic E-state index is 14.0. The molecule has 4 rings (SSSR count). The molecule has 3 aromatic carbocycles. The van der Waals surface area contributed by atoms with Crippen molar-refractivity contribution in [3.8, 4) is 16.9 Å². The Balaban J connectivity index is 1.81. The zero-order chi connectivity index (χ0) is 18.3. The van der Waals surface area contributed by atoms with Crippen molar-refractivity contribution in [3.63, 3.8) is 0 Å². The minimum absolute atomic E-state index is 0.289. The first-order chi connectivity index (χ1) is 12.5. The Hall–Kier alpha value is -3.41. The number of rotatable bonds is 2. The number of amides is 1. The molecule has 0 saturated heterocycles. The second kappa shape index (κ2) is 6.15. The summed E-state index contributed by atoms with van der Waals surface area (Å²) in [6.07, 6.45) is -0.564. The highest BCUT2D eigenvalue weighted by molar-refractivity contribution is 6.06. The quantitative estimate of drug-likeness (QED) is 0.535. The van der Waals surface area contributed by atoms with E-state index in [-0.39, 0.29) is 5.56 Å². The maximum Gasteiger partial charge on any atom is 0.412 e. The van der Waals surface area contributed by atoms with Gasteiger partial charge < -0.3 is 14.5 Å². The average Bonchev–Trinajstić information content (AvgIpc) is 2.98. The Bertz CT molecular complexity index is 1150. The molecule has 1 heterocycles. The number of carbonyl (C=O) groups excluding carboxylic acids is 1. The van der Waals surface area contributed by atoms with Crippen LogP contribution in [0.4, 0.5) is 13.6 Å². The van der Waals surface area contributed by atoms with Crippen molar-refractivity contribution in [1.29, 1.82) is 0 Å². The van der Waals surface area contributed by atoms with Crippen LogP contribution in [0.3, 0.4) is 0 Å². The third-order valence-corrected chi connectivity index (χ3v) is 4.10. The van der Waals surface area contributed by atoms with Crippen LogP contribution in [0.15, 0.2) is 59.0 Å². The molecular weight excluding hydrogens is 340 g/mol. The van der Waals surface area contributed by atoms with Crippen molar-refractivity contribution < 1.29 is 22.7 Å². The summed E-state index contributed by atoms with van der Waals surface area (Å²) in [4.78, 5) is 11.4. The summed E-state index contributed by atoms with van der Waals surface area (Å²) in [7, 11) is 1.48. The molecule has 1 N–H and O–H groups in total. The van der Waals surface area contributed by atoms with E-state index in [1.165, 1.54) is 19.2 Å². The van der Waals surface area contributed by atoms with Crippen LogP contribution in [0.25, 0.3) is 33.1 Å². The van der Waals surface area contributed by atoms with Gasteiger partial charge in [-0.25, -0.2) is 13.6 Å². The van der Waals surface area contributed by atoms with Gasteiger partial charge in [-0.05, 0) is 48.0 Å². The monoisotopic (exact) mass is 353 g/mol. The molecule has 0 atom stereocenters. The van der Waals surface area contributed by atoms with Crippen molar-refractivity contribution in [2.75, 3.05) is 7.05 Å². The van der Waals surface area contributed by atoms with Crippen LogP contribution in [0, 0.1) is 11.6 Å². The van der Waals surface area contributed by atoms with E-state index in [0.717, 1.165) is 16.8 Å². The minimum Gasteiger partial charge on any atom is -0.456 e. The van der Waals surface area contributed by atoms with Gasteiger partial charge in [-0.3, -0.25) is 0 Å². The molecule has 0 radical (unpaired) electrons.